The lowest BCUT2D eigenvalue weighted by atomic mass is 9.98. The summed E-state index contributed by atoms with van der Waals surface area (Å²) in [6, 6.07) is 3.05. The second-order valence-electron chi connectivity index (χ2n) is 4.56. The first-order chi connectivity index (χ1) is 8.58. The fourth-order valence-corrected chi connectivity index (χ4v) is 2.32. The van der Waals surface area contributed by atoms with Gasteiger partial charge in [0, 0.05) is 18.2 Å². The summed E-state index contributed by atoms with van der Waals surface area (Å²) in [5.41, 5.74) is 0.0517. The molecule has 0 bridgehead atoms. The summed E-state index contributed by atoms with van der Waals surface area (Å²) in [6.07, 6.45) is 2.08. The molecule has 1 aromatic rings. The van der Waals surface area contributed by atoms with E-state index in [2.05, 4.69) is 0 Å². The van der Waals surface area contributed by atoms with Crippen LogP contribution in [-0.4, -0.2) is 35.6 Å². The molecular weight excluding hydrogens is 240 g/mol. The van der Waals surface area contributed by atoms with Gasteiger partial charge in [0.05, 0.1) is 5.92 Å². The molecule has 18 heavy (non-hydrogen) atoms. The monoisotopic (exact) mass is 255 g/mol. The van der Waals surface area contributed by atoms with Crippen LogP contribution in [0.1, 0.15) is 24.3 Å². The number of rotatable bonds is 4. The van der Waals surface area contributed by atoms with Gasteiger partial charge < -0.3 is 10.0 Å². The number of benzene rings is 1. The van der Waals surface area contributed by atoms with Crippen molar-refractivity contribution in [1.82, 2.24) is 4.90 Å². The Morgan fingerprint density at radius 1 is 1.33 bits per heavy atom. The summed E-state index contributed by atoms with van der Waals surface area (Å²) in [5, 5.41) is 9.19. The third-order valence-corrected chi connectivity index (χ3v) is 3.28. The molecule has 1 fully saturated rings. The van der Waals surface area contributed by atoms with Crippen LogP contribution in [0.4, 0.5) is 8.78 Å². The third kappa shape index (κ3) is 2.85. The van der Waals surface area contributed by atoms with Gasteiger partial charge in [-0.2, -0.15) is 0 Å². The van der Waals surface area contributed by atoms with Crippen LogP contribution >= 0.6 is 0 Å². The minimum atomic E-state index is -1.08. The molecule has 98 valence electrons. The highest BCUT2D eigenvalue weighted by molar-refractivity contribution is 5.76. The Balaban J connectivity index is 2.20. The van der Waals surface area contributed by atoms with Crippen LogP contribution in [0.3, 0.4) is 0 Å². The second-order valence-corrected chi connectivity index (χ2v) is 4.56. The van der Waals surface area contributed by atoms with E-state index < -0.39 is 23.5 Å². The highest BCUT2D eigenvalue weighted by Gasteiger charge is 2.27. The molecule has 1 heterocycles. The molecular formula is C13H15F2NO2. The molecule has 1 unspecified atom stereocenters. The number of hydrogen-bond donors (Lipinski definition) is 1. The molecule has 0 spiro atoms. The lowest BCUT2D eigenvalue weighted by Crippen LogP contribution is -2.30. The molecule has 2 rings (SSSR count). The number of nitrogens with zero attached hydrogens (tertiary/aromatic N) is 1. The van der Waals surface area contributed by atoms with Gasteiger partial charge >= 0.3 is 5.97 Å². The quantitative estimate of drug-likeness (QED) is 0.897. The molecule has 0 saturated carbocycles. The molecule has 1 saturated heterocycles. The van der Waals surface area contributed by atoms with Crippen molar-refractivity contribution in [2.75, 3.05) is 19.6 Å². The van der Waals surface area contributed by atoms with Crippen molar-refractivity contribution < 1.29 is 18.7 Å². The van der Waals surface area contributed by atoms with Crippen LogP contribution in [-0.2, 0) is 4.79 Å². The molecule has 1 N–H and O–H groups in total. The lowest BCUT2D eigenvalue weighted by molar-refractivity contribution is -0.139. The normalized spacial score (nSPS) is 17.9. The Hall–Kier alpha value is -1.49. The third-order valence-electron chi connectivity index (χ3n) is 3.28. The number of carbonyl (C=O) groups is 1. The Bertz CT molecular complexity index is 445. The summed E-state index contributed by atoms with van der Waals surface area (Å²) < 4.78 is 26.4. The van der Waals surface area contributed by atoms with Gasteiger partial charge in [0.1, 0.15) is 11.6 Å². The topological polar surface area (TPSA) is 40.5 Å². The molecule has 0 aromatic heterocycles. The fourth-order valence-electron chi connectivity index (χ4n) is 2.32. The van der Waals surface area contributed by atoms with Gasteiger partial charge in [-0.15, -0.1) is 0 Å². The molecule has 1 aromatic carbocycles. The van der Waals surface area contributed by atoms with E-state index in [4.69, 9.17) is 0 Å². The molecule has 5 heteroatoms. The SMILES string of the molecule is O=C(O)C(CN1CCCC1)c1ccc(F)cc1F. The predicted octanol–water partition coefficient (Wildman–Crippen LogP) is 2.23. The van der Waals surface area contributed by atoms with Crippen LogP contribution in [0.25, 0.3) is 0 Å². The number of aliphatic carboxylic acids is 1. The van der Waals surface area contributed by atoms with E-state index in [9.17, 15) is 18.7 Å². The number of carboxylic acid groups (broad SMARTS) is 1. The van der Waals surface area contributed by atoms with Crippen molar-refractivity contribution >= 4 is 5.97 Å². The van der Waals surface area contributed by atoms with Crippen LogP contribution in [0.2, 0.25) is 0 Å². The Labute approximate surface area is 104 Å². The van der Waals surface area contributed by atoms with Gasteiger partial charge in [0.2, 0.25) is 0 Å². The highest BCUT2D eigenvalue weighted by atomic mass is 19.1. The Morgan fingerprint density at radius 3 is 2.56 bits per heavy atom. The van der Waals surface area contributed by atoms with E-state index in [1.54, 1.807) is 0 Å². The summed E-state index contributed by atoms with van der Waals surface area (Å²) in [6.45, 7) is 1.96. The van der Waals surface area contributed by atoms with Gasteiger partial charge in [-0.05, 0) is 32.0 Å². The summed E-state index contributed by atoms with van der Waals surface area (Å²) in [4.78, 5) is 13.2. The summed E-state index contributed by atoms with van der Waals surface area (Å²) in [5.74, 6) is -3.50. The van der Waals surface area contributed by atoms with E-state index in [1.807, 2.05) is 4.90 Å². The van der Waals surface area contributed by atoms with Crippen LogP contribution in [0.15, 0.2) is 18.2 Å². The predicted molar refractivity (Wildman–Crippen MR) is 62.4 cm³/mol. The van der Waals surface area contributed by atoms with Crippen molar-refractivity contribution in [3.05, 3.63) is 35.4 Å². The maximum Gasteiger partial charge on any atom is 0.312 e. The van der Waals surface area contributed by atoms with Crippen molar-refractivity contribution in [2.45, 2.75) is 18.8 Å². The second kappa shape index (κ2) is 5.44. The van der Waals surface area contributed by atoms with Gasteiger partial charge in [-0.25, -0.2) is 8.78 Å². The first-order valence-corrected chi connectivity index (χ1v) is 5.98. The maximum absolute atomic E-state index is 13.6. The van der Waals surface area contributed by atoms with E-state index >= 15 is 0 Å². The Kier molecular flexibility index (Phi) is 3.91. The summed E-state index contributed by atoms with van der Waals surface area (Å²) >= 11 is 0. The zero-order chi connectivity index (χ0) is 13.1. The number of hydrogen-bond acceptors (Lipinski definition) is 2. The highest BCUT2D eigenvalue weighted by Crippen LogP contribution is 2.23. The number of halogens is 2. The number of carboxylic acids is 1. The maximum atomic E-state index is 13.6. The minimum absolute atomic E-state index is 0.0517. The zero-order valence-electron chi connectivity index (χ0n) is 9.90. The largest absolute Gasteiger partial charge is 0.481 e. The van der Waals surface area contributed by atoms with Gasteiger partial charge in [0.25, 0.3) is 0 Å². The standard InChI is InChI=1S/C13H15F2NO2/c14-9-3-4-10(12(15)7-9)11(13(17)18)8-16-5-1-2-6-16/h3-4,7,11H,1-2,5-6,8H2,(H,17,18). The average molecular weight is 255 g/mol. The van der Waals surface area contributed by atoms with Crippen molar-refractivity contribution in [3.63, 3.8) is 0 Å². The first-order valence-electron chi connectivity index (χ1n) is 5.98. The summed E-state index contributed by atoms with van der Waals surface area (Å²) in [7, 11) is 0. The van der Waals surface area contributed by atoms with Crippen LogP contribution in [0.5, 0.6) is 0 Å². The minimum Gasteiger partial charge on any atom is -0.481 e. The van der Waals surface area contributed by atoms with Crippen molar-refractivity contribution in [1.29, 1.82) is 0 Å². The molecule has 1 aliphatic rings. The molecule has 0 radical (unpaired) electrons. The first kappa shape index (κ1) is 13.0. The fraction of sp³-hybridized carbons (Fsp3) is 0.462. The van der Waals surface area contributed by atoms with E-state index in [0.29, 0.717) is 0 Å². The van der Waals surface area contributed by atoms with Crippen molar-refractivity contribution in [3.8, 4) is 0 Å². The zero-order valence-corrected chi connectivity index (χ0v) is 9.90. The number of likely N-dealkylation sites (tertiary alicyclic amines) is 1. The van der Waals surface area contributed by atoms with E-state index in [0.717, 1.165) is 38.1 Å². The van der Waals surface area contributed by atoms with E-state index in [-0.39, 0.29) is 12.1 Å². The molecule has 3 nitrogen and oxygen atoms in total. The molecule has 0 aliphatic carbocycles. The molecule has 1 atom stereocenters. The van der Waals surface area contributed by atoms with Gasteiger partial charge in [-0.3, -0.25) is 4.79 Å². The van der Waals surface area contributed by atoms with Gasteiger partial charge in [-0.1, -0.05) is 6.07 Å². The molecule has 0 amide bonds. The average Bonchev–Trinajstić information content (AvgIpc) is 2.79. The van der Waals surface area contributed by atoms with Crippen LogP contribution in [0, 0.1) is 11.6 Å². The van der Waals surface area contributed by atoms with Crippen LogP contribution < -0.4 is 0 Å². The van der Waals surface area contributed by atoms with Gasteiger partial charge in [0.15, 0.2) is 0 Å². The van der Waals surface area contributed by atoms with E-state index in [1.165, 1.54) is 6.07 Å². The van der Waals surface area contributed by atoms with Crippen molar-refractivity contribution in [2.24, 2.45) is 0 Å². The Morgan fingerprint density at radius 2 is 2.00 bits per heavy atom. The smallest absolute Gasteiger partial charge is 0.312 e. The lowest BCUT2D eigenvalue weighted by Gasteiger charge is -2.21. The molecule has 1 aliphatic heterocycles.